The third-order valence-corrected chi connectivity index (χ3v) is 4.37. The van der Waals surface area contributed by atoms with Crippen molar-refractivity contribution in [2.24, 2.45) is 0 Å². The summed E-state index contributed by atoms with van der Waals surface area (Å²) in [7, 11) is 0. The van der Waals surface area contributed by atoms with Crippen molar-refractivity contribution >= 4 is 23.1 Å². The lowest BCUT2D eigenvalue weighted by Gasteiger charge is -2.20. The normalized spacial score (nSPS) is 17.2. The summed E-state index contributed by atoms with van der Waals surface area (Å²) >= 11 is 1.75. The zero-order chi connectivity index (χ0) is 13.9. The molecular weight excluding hydrogens is 258 g/mol. The zero-order valence-corrected chi connectivity index (χ0v) is 12.8. The van der Waals surface area contributed by atoms with Gasteiger partial charge in [-0.25, -0.2) is 4.79 Å². The van der Waals surface area contributed by atoms with E-state index in [1.807, 2.05) is 26.2 Å². The maximum Gasteiger partial charge on any atom is 0.412 e. The zero-order valence-electron chi connectivity index (χ0n) is 12.0. The number of carbonyl (C=O) groups excluding carboxylic acids is 1. The molecule has 0 aromatic carbocycles. The van der Waals surface area contributed by atoms with E-state index in [1.54, 1.807) is 11.3 Å². The summed E-state index contributed by atoms with van der Waals surface area (Å²) in [5.74, 6) is 0.688. The molecule has 0 saturated heterocycles. The standard InChI is InChI=1S/C15H23NO2S/c1-15(2,3)18-14(17)16-12-9-13(19-10-12)11-7-5-4-6-8-11/h9-11H,4-8H2,1-3H3,(H,16,17). The Hall–Kier alpha value is -1.03. The van der Waals surface area contributed by atoms with Gasteiger partial charge in [0, 0.05) is 10.3 Å². The molecule has 106 valence electrons. The molecule has 1 heterocycles. The van der Waals surface area contributed by atoms with Crippen LogP contribution in [0, 0.1) is 0 Å². The Labute approximate surface area is 119 Å². The van der Waals surface area contributed by atoms with E-state index in [9.17, 15) is 4.79 Å². The highest BCUT2D eigenvalue weighted by Crippen LogP contribution is 2.37. The summed E-state index contributed by atoms with van der Waals surface area (Å²) in [5, 5.41) is 4.82. The highest BCUT2D eigenvalue weighted by atomic mass is 32.1. The number of hydrogen-bond acceptors (Lipinski definition) is 3. The Morgan fingerprint density at radius 3 is 2.63 bits per heavy atom. The first-order valence-corrected chi connectivity index (χ1v) is 7.90. The third kappa shape index (κ3) is 4.53. The number of nitrogens with one attached hydrogen (secondary N) is 1. The van der Waals surface area contributed by atoms with Crippen molar-refractivity contribution in [3.05, 3.63) is 16.3 Å². The van der Waals surface area contributed by atoms with Crippen LogP contribution in [0.1, 0.15) is 63.7 Å². The van der Waals surface area contributed by atoms with Gasteiger partial charge in [0.15, 0.2) is 0 Å². The second-order valence-electron chi connectivity index (χ2n) is 6.20. The molecule has 0 bridgehead atoms. The maximum atomic E-state index is 11.7. The van der Waals surface area contributed by atoms with Gasteiger partial charge in [0.25, 0.3) is 0 Å². The topological polar surface area (TPSA) is 38.3 Å². The Morgan fingerprint density at radius 2 is 2.00 bits per heavy atom. The maximum absolute atomic E-state index is 11.7. The first-order valence-electron chi connectivity index (χ1n) is 7.02. The van der Waals surface area contributed by atoms with Crippen LogP contribution in [0.5, 0.6) is 0 Å². The lowest BCUT2D eigenvalue weighted by Crippen LogP contribution is -2.27. The molecule has 1 aromatic rings. The molecule has 0 radical (unpaired) electrons. The molecule has 0 aliphatic heterocycles. The van der Waals surface area contributed by atoms with Crippen LogP contribution >= 0.6 is 11.3 Å². The van der Waals surface area contributed by atoms with Crippen LogP contribution in [-0.4, -0.2) is 11.7 Å². The highest BCUT2D eigenvalue weighted by Gasteiger charge is 2.19. The molecule has 1 aliphatic carbocycles. The number of carbonyl (C=O) groups is 1. The van der Waals surface area contributed by atoms with Gasteiger partial charge in [-0.2, -0.15) is 0 Å². The average molecular weight is 281 g/mol. The molecular formula is C15H23NO2S. The van der Waals surface area contributed by atoms with Crippen molar-refractivity contribution < 1.29 is 9.53 Å². The second-order valence-corrected chi connectivity index (χ2v) is 7.14. The summed E-state index contributed by atoms with van der Waals surface area (Å²) in [6.45, 7) is 5.61. The third-order valence-electron chi connectivity index (χ3n) is 3.27. The summed E-state index contributed by atoms with van der Waals surface area (Å²) < 4.78 is 5.25. The monoisotopic (exact) mass is 281 g/mol. The van der Waals surface area contributed by atoms with Gasteiger partial charge in [-0.05, 0) is 45.6 Å². The SMILES string of the molecule is CC(C)(C)OC(=O)Nc1csc(C2CCCCC2)c1. The number of amides is 1. The van der Waals surface area contributed by atoms with E-state index in [2.05, 4.69) is 11.4 Å². The van der Waals surface area contributed by atoms with Crippen molar-refractivity contribution in [3.63, 3.8) is 0 Å². The van der Waals surface area contributed by atoms with Gasteiger partial charge in [0.05, 0.1) is 5.69 Å². The molecule has 19 heavy (non-hydrogen) atoms. The summed E-state index contributed by atoms with van der Waals surface area (Å²) in [6, 6.07) is 2.10. The van der Waals surface area contributed by atoms with E-state index < -0.39 is 5.60 Å². The minimum absolute atomic E-state index is 0.375. The summed E-state index contributed by atoms with van der Waals surface area (Å²) in [6.07, 6.45) is 6.22. The Kier molecular flexibility index (Phi) is 4.50. The van der Waals surface area contributed by atoms with E-state index in [1.165, 1.54) is 37.0 Å². The minimum atomic E-state index is -0.452. The van der Waals surface area contributed by atoms with Crippen LogP contribution < -0.4 is 5.32 Å². The number of rotatable bonds is 2. The lowest BCUT2D eigenvalue weighted by atomic mass is 9.88. The largest absolute Gasteiger partial charge is 0.444 e. The van der Waals surface area contributed by atoms with E-state index >= 15 is 0 Å². The van der Waals surface area contributed by atoms with Crippen molar-refractivity contribution in [1.82, 2.24) is 0 Å². The molecule has 4 heteroatoms. The lowest BCUT2D eigenvalue weighted by molar-refractivity contribution is 0.0636. The molecule has 0 unspecified atom stereocenters. The average Bonchev–Trinajstić information content (AvgIpc) is 2.76. The van der Waals surface area contributed by atoms with Crippen LogP contribution in [0.2, 0.25) is 0 Å². The Morgan fingerprint density at radius 1 is 1.32 bits per heavy atom. The molecule has 1 fully saturated rings. The molecule has 3 nitrogen and oxygen atoms in total. The van der Waals surface area contributed by atoms with Crippen LogP contribution in [0.3, 0.4) is 0 Å². The number of ether oxygens (including phenoxy) is 1. The van der Waals surface area contributed by atoms with Crippen LogP contribution in [0.25, 0.3) is 0 Å². The van der Waals surface area contributed by atoms with Gasteiger partial charge >= 0.3 is 6.09 Å². The van der Waals surface area contributed by atoms with E-state index in [0.717, 1.165) is 5.69 Å². The molecule has 0 atom stereocenters. The first kappa shape index (κ1) is 14.4. The van der Waals surface area contributed by atoms with Gasteiger partial charge in [0.1, 0.15) is 5.60 Å². The molecule has 2 rings (SSSR count). The van der Waals surface area contributed by atoms with Gasteiger partial charge in [-0.15, -0.1) is 11.3 Å². The predicted molar refractivity (Wildman–Crippen MR) is 80.0 cm³/mol. The fraction of sp³-hybridized carbons (Fsp3) is 0.667. The molecule has 1 saturated carbocycles. The van der Waals surface area contributed by atoms with Crippen LogP contribution in [-0.2, 0) is 4.74 Å². The van der Waals surface area contributed by atoms with Crippen molar-refractivity contribution in [3.8, 4) is 0 Å². The van der Waals surface area contributed by atoms with E-state index in [4.69, 9.17) is 4.74 Å². The van der Waals surface area contributed by atoms with Crippen LogP contribution in [0.15, 0.2) is 11.4 Å². The van der Waals surface area contributed by atoms with Crippen molar-refractivity contribution in [2.75, 3.05) is 5.32 Å². The molecule has 1 aromatic heterocycles. The van der Waals surface area contributed by atoms with Gasteiger partial charge < -0.3 is 4.74 Å². The molecule has 1 amide bonds. The molecule has 1 N–H and O–H groups in total. The smallest absolute Gasteiger partial charge is 0.412 e. The number of thiophene rings is 1. The second kappa shape index (κ2) is 5.95. The minimum Gasteiger partial charge on any atom is -0.444 e. The fourth-order valence-corrected chi connectivity index (χ4v) is 3.45. The fourth-order valence-electron chi connectivity index (χ4n) is 2.44. The Balaban J connectivity index is 1.91. The quantitative estimate of drug-likeness (QED) is 0.814. The van der Waals surface area contributed by atoms with Gasteiger partial charge in [0.2, 0.25) is 0 Å². The number of hydrogen-bond donors (Lipinski definition) is 1. The predicted octanol–water partition coefficient (Wildman–Crippen LogP) is 5.14. The Bertz CT molecular complexity index is 428. The van der Waals surface area contributed by atoms with Gasteiger partial charge in [-0.3, -0.25) is 5.32 Å². The number of anilines is 1. The summed E-state index contributed by atoms with van der Waals surface area (Å²) in [5.41, 5.74) is 0.409. The molecule has 0 spiro atoms. The van der Waals surface area contributed by atoms with E-state index in [-0.39, 0.29) is 6.09 Å². The molecule has 1 aliphatic rings. The van der Waals surface area contributed by atoms with Gasteiger partial charge in [-0.1, -0.05) is 19.3 Å². The van der Waals surface area contributed by atoms with E-state index in [0.29, 0.717) is 5.92 Å². The van der Waals surface area contributed by atoms with Crippen molar-refractivity contribution in [1.29, 1.82) is 0 Å². The highest BCUT2D eigenvalue weighted by molar-refractivity contribution is 7.10. The van der Waals surface area contributed by atoms with Crippen LogP contribution in [0.4, 0.5) is 10.5 Å². The van der Waals surface area contributed by atoms with Crippen molar-refractivity contribution in [2.45, 2.75) is 64.4 Å². The summed E-state index contributed by atoms with van der Waals surface area (Å²) in [4.78, 5) is 13.1. The first-order chi connectivity index (χ1) is 8.94.